The quantitative estimate of drug-likeness (QED) is 0.104. The number of rotatable bonds is 18. The van der Waals surface area contributed by atoms with Crippen LogP contribution in [0.3, 0.4) is 0 Å². The molecule has 0 aliphatic carbocycles. The first-order valence-electron chi connectivity index (χ1n) is 12.9. The lowest BCUT2D eigenvalue weighted by Gasteiger charge is -2.29. The van der Waals surface area contributed by atoms with E-state index in [0.717, 1.165) is 26.2 Å². The van der Waals surface area contributed by atoms with Crippen LogP contribution in [0.2, 0.25) is 0 Å². The smallest absolute Gasteiger partial charge is 0.351 e. The molecule has 0 unspecified atom stereocenters. The molecule has 0 aliphatic rings. The molecule has 39 heavy (non-hydrogen) atoms. The molecule has 0 saturated carbocycles. The number of carbonyl (C=O) groups is 6. The van der Waals surface area contributed by atoms with Gasteiger partial charge >= 0.3 is 35.8 Å². The van der Waals surface area contributed by atoms with Gasteiger partial charge in [-0.05, 0) is 19.3 Å². The Balaban J connectivity index is 0. The molecular weight excluding hydrogens is 516 g/mol. The highest BCUT2D eigenvalue weighted by molar-refractivity contribution is 5.93. The van der Waals surface area contributed by atoms with Crippen LogP contribution >= 0.6 is 0 Å². The van der Waals surface area contributed by atoms with Crippen LogP contribution in [0.1, 0.15) is 85.5 Å². The molecule has 0 rings (SSSR count). The highest BCUT2D eigenvalue weighted by Crippen LogP contribution is 2.26. The van der Waals surface area contributed by atoms with Crippen LogP contribution in [-0.2, 0) is 57.2 Å². The third kappa shape index (κ3) is 18.5. The monoisotopic (exact) mass is 560 g/mol. The largest absolute Gasteiger partial charge is 0.469 e. The van der Waals surface area contributed by atoms with Crippen molar-refractivity contribution in [1.29, 1.82) is 0 Å². The molecule has 0 atom stereocenters. The topological polar surface area (TPSA) is 158 Å². The van der Waals surface area contributed by atoms with Crippen LogP contribution < -0.4 is 0 Å². The molecule has 0 bridgehead atoms. The number of hydrogen-bond acceptors (Lipinski definition) is 12. The van der Waals surface area contributed by atoms with Gasteiger partial charge in [-0.15, -0.1) is 0 Å². The Bertz CT molecular complexity index is 779. The zero-order chi connectivity index (χ0) is 30.3. The second-order valence-corrected chi connectivity index (χ2v) is 8.43. The summed E-state index contributed by atoms with van der Waals surface area (Å²) >= 11 is 0. The summed E-state index contributed by atoms with van der Waals surface area (Å²) in [5.74, 6) is -4.34. The van der Waals surface area contributed by atoms with Crippen LogP contribution in [0.25, 0.3) is 0 Å². The van der Waals surface area contributed by atoms with Crippen LogP contribution in [-0.4, -0.2) is 75.5 Å². The molecule has 12 nitrogen and oxygen atoms in total. The summed E-state index contributed by atoms with van der Waals surface area (Å²) in [5.41, 5.74) is -1.99. The highest BCUT2D eigenvalue weighted by atomic mass is 16.6. The molecule has 0 N–H and O–H groups in total. The van der Waals surface area contributed by atoms with Crippen molar-refractivity contribution in [1.82, 2.24) is 0 Å². The third-order valence-electron chi connectivity index (χ3n) is 4.88. The van der Waals surface area contributed by atoms with Gasteiger partial charge in [0.25, 0.3) is 0 Å². The molecule has 0 saturated heterocycles. The first kappa shape index (κ1) is 37.7. The third-order valence-corrected chi connectivity index (χ3v) is 4.88. The Hall–Kier alpha value is -3.44. The van der Waals surface area contributed by atoms with E-state index in [-0.39, 0.29) is 31.8 Å². The number of esters is 6. The maximum atomic E-state index is 12.7. The number of carbonyl (C=O) groups excluding carboxylic acids is 6. The van der Waals surface area contributed by atoms with Crippen LogP contribution in [0.4, 0.5) is 0 Å². The minimum absolute atomic E-state index is 0.0914. The van der Waals surface area contributed by atoms with E-state index in [2.05, 4.69) is 16.1 Å². The molecule has 224 valence electrons. The summed E-state index contributed by atoms with van der Waals surface area (Å²) in [4.78, 5) is 70.0. The molecule has 0 spiro atoms. The first-order valence-corrected chi connectivity index (χ1v) is 12.9. The van der Waals surface area contributed by atoms with Gasteiger partial charge in [0.2, 0.25) is 5.60 Å². The average Bonchev–Trinajstić information content (AvgIpc) is 2.88. The standard InChI is InChI=1S/C20H34O8.C7H10O4/c1-5-8-11-25-17(22)14-20(28-16(4)21,19(24)27-13-10-7-3)15-18(23)26-12-9-6-2;1-5(7(9)11-3)4-6(8)10-2/h5-15H2,1-4H3;1,4H2,2-3H3. The Morgan fingerprint density at radius 1 is 0.667 bits per heavy atom. The van der Waals surface area contributed by atoms with E-state index in [4.69, 9.17) is 18.9 Å². The average molecular weight is 561 g/mol. The number of ether oxygens (including phenoxy) is 6. The fourth-order valence-electron chi connectivity index (χ4n) is 2.73. The molecule has 0 heterocycles. The van der Waals surface area contributed by atoms with Crippen LogP contribution in [0.15, 0.2) is 12.2 Å². The van der Waals surface area contributed by atoms with Crippen molar-refractivity contribution in [2.45, 2.75) is 91.1 Å². The summed E-state index contributed by atoms with van der Waals surface area (Å²) in [6, 6.07) is 0. The molecule has 0 aliphatic heterocycles. The Labute approximate surface area is 230 Å². The van der Waals surface area contributed by atoms with E-state index in [0.29, 0.717) is 19.3 Å². The van der Waals surface area contributed by atoms with Crippen LogP contribution in [0, 0.1) is 0 Å². The van der Waals surface area contributed by atoms with Crippen molar-refractivity contribution < 1.29 is 57.2 Å². The number of unbranched alkanes of at least 4 members (excludes halogenated alkanes) is 3. The van der Waals surface area contributed by atoms with Gasteiger partial charge in [0.1, 0.15) is 0 Å². The fourth-order valence-corrected chi connectivity index (χ4v) is 2.73. The zero-order valence-corrected chi connectivity index (χ0v) is 24.1. The van der Waals surface area contributed by atoms with Gasteiger partial charge in [0.05, 0.1) is 53.3 Å². The lowest BCUT2D eigenvalue weighted by Crippen LogP contribution is -2.48. The van der Waals surface area contributed by atoms with Gasteiger partial charge in [0, 0.05) is 12.5 Å². The van der Waals surface area contributed by atoms with E-state index in [9.17, 15) is 28.8 Å². The molecule has 0 fully saturated rings. The van der Waals surface area contributed by atoms with Gasteiger partial charge in [-0.1, -0.05) is 46.6 Å². The maximum absolute atomic E-state index is 12.7. The lowest BCUT2D eigenvalue weighted by atomic mass is 9.95. The van der Waals surface area contributed by atoms with Gasteiger partial charge < -0.3 is 28.4 Å². The Morgan fingerprint density at radius 3 is 1.46 bits per heavy atom. The molecule has 0 aromatic rings. The molecule has 12 heteroatoms. The first-order chi connectivity index (χ1) is 18.4. The van der Waals surface area contributed by atoms with Crippen LogP contribution in [0.5, 0.6) is 0 Å². The predicted octanol–water partition coefficient (Wildman–Crippen LogP) is 3.38. The van der Waals surface area contributed by atoms with E-state index in [1.165, 1.54) is 14.2 Å². The normalized spacial score (nSPS) is 10.2. The lowest BCUT2D eigenvalue weighted by molar-refractivity contribution is -0.190. The van der Waals surface area contributed by atoms with Gasteiger partial charge in [-0.25, -0.2) is 9.59 Å². The van der Waals surface area contributed by atoms with Crippen molar-refractivity contribution in [3.05, 3.63) is 12.2 Å². The van der Waals surface area contributed by atoms with Gasteiger partial charge in [0.15, 0.2) is 0 Å². The van der Waals surface area contributed by atoms with Crippen molar-refractivity contribution in [3.63, 3.8) is 0 Å². The highest BCUT2D eigenvalue weighted by Gasteiger charge is 2.48. The Kier molecular flexibility index (Phi) is 21.8. The second-order valence-electron chi connectivity index (χ2n) is 8.43. The number of hydrogen-bond donors (Lipinski definition) is 0. The van der Waals surface area contributed by atoms with Crippen molar-refractivity contribution in [3.8, 4) is 0 Å². The van der Waals surface area contributed by atoms with Crippen molar-refractivity contribution >= 4 is 35.8 Å². The van der Waals surface area contributed by atoms with Crippen molar-refractivity contribution in [2.24, 2.45) is 0 Å². The summed E-state index contributed by atoms with van der Waals surface area (Å²) < 4.78 is 29.1. The van der Waals surface area contributed by atoms with E-state index >= 15 is 0 Å². The fraction of sp³-hybridized carbons (Fsp3) is 0.704. The SMILES string of the molecule is C=C(CC(=O)OC)C(=O)OC.CCCCOC(=O)CC(CC(=O)OCCCC)(OC(C)=O)C(=O)OCCCC. The molecular formula is C27H44O12. The maximum Gasteiger partial charge on any atom is 0.351 e. The predicted molar refractivity (Wildman–Crippen MR) is 139 cm³/mol. The molecule has 0 amide bonds. The molecule has 0 aromatic heterocycles. The van der Waals surface area contributed by atoms with Crippen molar-refractivity contribution in [2.75, 3.05) is 34.0 Å². The Morgan fingerprint density at radius 2 is 1.10 bits per heavy atom. The molecule has 0 aromatic carbocycles. The van der Waals surface area contributed by atoms with Gasteiger partial charge in [-0.3, -0.25) is 19.2 Å². The second kappa shape index (κ2) is 22.5. The summed E-state index contributed by atoms with van der Waals surface area (Å²) in [7, 11) is 2.47. The minimum Gasteiger partial charge on any atom is -0.469 e. The van der Waals surface area contributed by atoms with E-state index in [1.54, 1.807) is 0 Å². The zero-order valence-electron chi connectivity index (χ0n) is 24.1. The summed E-state index contributed by atoms with van der Waals surface area (Å²) in [6.07, 6.45) is 3.02. The minimum atomic E-state index is -2.09. The summed E-state index contributed by atoms with van der Waals surface area (Å²) in [6.45, 7) is 10.7. The van der Waals surface area contributed by atoms with E-state index < -0.39 is 54.3 Å². The van der Waals surface area contributed by atoms with Gasteiger partial charge in [-0.2, -0.15) is 0 Å². The number of methoxy groups -OCH3 is 2. The molecule has 0 radical (unpaired) electrons. The summed E-state index contributed by atoms with van der Waals surface area (Å²) in [5, 5.41) is 0. The van der Waals surface area contributed by atoms with E-state index in [1.807, 2.05) is 20.8 Å².